The first kappa shape index (κ1) is 21.5. The molecule has 152 valence electrons. The molecule has 0 aliphatic heterocycles. The van der Waals surface area contributed by atoms with Gasteiger partial charge in [0, 0.05) is 17.6 Å². The third-order valence-electron chi connectivity index (χ3n) is 4.17. The van der Waals surface area contributed by atoms with Crippen molar-refractivity contribution in [3.63, 3.8) is 0 Å². The van der Waals surface area contributed by atoms with Gasteiger partial charge in [-0.05, 0) is 54.8 Å². The van der Waals surface area contributed by atoms with Crippen molar-refractivity contribution in [2.75, 3.05) is 17.3 Å². The lowest BCUT2D eigenvalue weighted by atomic mass is 10.1. The number of carbonyl (C=O) groups is 2. The lowest BCUT2D eigenvalue weighted by molar-refractivity contribution is -0.118. The number of thioether (sulfide) groups is 1. The van der Waals surface area contributed by atoms with E-state index in [-0.39, 0.29) is 16.5 Å². The van der Waals surface area contributed by atoms with Crippen molar-refractivity contribution in [2.45, 2.75) is 19.4 Å². The number of hydrogen-bond acceptors (Lipinski definition) is 5. The molecule has 0 bridgehead atoms. The Balaban J connectivity index is 1.75. The fraction of sp³-hybridized carbons (Fsp3) is 0.250. The highest BCUT2D eigenvalue weighted by Crippen LogP contribution is 2.22. The Bertz CT molecular complexity index is 1050. The summed E-state index contributed by atoms with van der Waals surface area (Å²) in [6, 6.07) is 9.08. The van der Waals surface area contributed by atoms with Crippen molar-refractivity contribution in [2.24, 2.45) is 0 Å². The second kappa shape index (κ2) is 9.52. The zero-order valence-corrected chi connectivity index (χ0v) is 18.1. The third kappa shape index (κ3) is 5.44. The molecule has 0 fully saturated rings. The first-order valence-corrected chi connectivity index (χ1v) is 11.0. The Hall–Kier alpha value is -2.22. The van der Waals surface area contributed by atoms with Gasteiger partial charge >= 0.3 is 0 Å². The van der Waals surface area contributed by atoms with E-state index in [0.717, 1.165) is 0 Å². The summed E-state index contributed by atoms with van der Waals surface area (Å²) in [6.45, 7) is 1.76. The molecule has 3 aromatic rings. The van der Waals surface area contributed by atoms with Crippen LogP contribution in [0.4, 0.5) is 5.69 Å². The molecule has 2 aromatic carbocycles. The van der Waals surface area contributed by atoms with E-state index in [2.05, 4.69) is 15.6 Å². The number of halogens is 2. The van der Waals surface area contributed by atoms with Crippen molar-refractivity contribution in [3.05, 3.63) is 57.9 Å². The van der Waals surface area contributed by atoms with Crippen LogP contribution in [0, 0.1) is 6.92 Å². The maximum atomic E-state index is 12.8. The van der Waals surface area contributed by atoms with E-state index in [1.165, 1.54) is 12.1 Å². The standard InChI is InChI=1S/C20H19Cl2N3O3S/c1-11-23-17-10-13(4-6-18(17)28-11)24-20(27)16(7-8-29-2)25-19(26)14-5-3-12(21)9-15(14)22/h3-6,9-10,16H,7-8H2,1-2H3,(H,24,27)(H,25,26). The minimum atomic E-state index is -0.726. The number of benzene rings is 2. The van der Waals surface area contributed by atoms with Crippen LogP contribution in [0.25, 0.3) is 11.1 Å². The highest BCUT2D eigenvalue weighted by molar-refractivity contribution is 7.98. The fourth-order valence-corrected chi connectivity index (χ4v) is 3.73. The summed E-state index contributed by atoms with van der Waals surface area (Å²) in [7, 11) is 0. The molecule has 2 amide bonds. The number of carbonyl (C=O) groups excluding carboxylic acids is 2. The fourth-order valence-electron chi connectivity index (χ4n) is 2.76. The molecule has 1 unspecified atom stereocenters. The quantitative estimate of drug-likeness (QED) is 0.531. The van der Waals surface area contributed by atoms with E-state index in [0.29, 0.717) is 39.9 Å². The average Bonchev–Trinajstić information content (AvgIpc) is 3.04. The number of amides is 2. The number of aryl methyl sites for hydroxylation is 1. The van der Waals surface area contributed by atoms with Gasteiger partial charge < -0.3 is 15.1 Å². The Morgan fingerprint density at radius 1 is 1.21 bits per heavy atom. The van der Waals surface area contributed by atoms with E-state index in [1.54, 1.807) is 43.0 Å². The predicted octanol–water partition coefficient (Wildman–Crippen LogP) is 4.93. The monoisotopic (exact) mass is 451 g/mol. The second-order valence-corrected chi connectivity index (χ2v) is 8.17. The number of nitrogens with one attached hydrogen (secondary N) is 2. The molecule has 1 aromatic heterocycles. The minimum absolute atomic E-state index is 0.228. The first-order valence-electron chi connectivity index (χ1n) is 8.80. The van der Waals surface area contributed by atoms with Gasteiger partial charge in [-0.2, -0.15) is 11.8 Å². The van der Waals surface area contributed by atoms with Crippen molar-refractivity contribution < 1.29 is 14.0 Å². The van der Waals surface area contributed by atoms with Crippen LogP contribution in [0.15, 0.2) is 40.8 Å². The highest BCUT2D eigenvalue weighted by atomic mass is 35.5. The molecule has 6 nitrogen and oxygen atoms in total. The Labute approximate surface area is 182 Å². The molecule has 0 saturated heterocycles. The largest absolute Gasteiger partial charge is 0.441 e. The number of nitrogens with zero attached hydrogens (tertiary/aromatic N) is 1. The van der Waals surface area contributed by atoms with Gasteiger partial charge in [0.05, 0.1) is 10.6 Å². The maximum absolute atomic E-state index is 12.8. The van der Waals surface area contributed by atoms with Crippen molar-refractivity contribution >= 4 is 63.6 Å². The molecule has 29 heavy (non-hydrogen) atoms. The average molecular weight is 452 g/mol. The van der Waals surface area contributed by atoms with Crippen molar-refractivity contribution in [1.82, 2.24) is 10.3 Å². The summed E-state index contributed by atoms with van der Waals surface area (Å²) in [5.41, 5.74) is 2.13. The van der Waals surface area contributed by atoms with Crippen LogP contribution in [-0.4, -0.2) is 34.8 Å². The van der Waals surface area contributed by atoms with Crippen LogP contribution < -0.4 is 10.6 Å². The van der Waals surface area contributed by atoms with Gasteiger partial charge in [-0.15, -0.1) is 0 Å². The summed E-state index contributed by atoms with van der Waals surface area (Å²) < 4.78 is 5.44. The highest BCUT2D eigenvalue weighted by Gasteiger charge is 2.22. The maximum Gasteiger partial charge on any atom is 0.253 e. The van der Waals surface area contributed by atoms with Crippen LogP contribution in [0.2, 0.25) is 10.0 Å². The summed E-state index contributed by atoms with van der Waals surface area (Å²) in [5.74, 6) is 0.495. The number of hydrogen-bond donors (Lipinski definition) is 2. The summed E-state index contributed by atoms with van der Waals surface area (Å²) in [6.07, 6.45) is 2.41. The lowest BCUT2D eigenvalue weighted by Gasteiger charge is -2.18. The van der Waals surface area contributed by atoms with Crippen LogP contribution in [0.3, 0.4) is 0 Å². The molecule has 0 spiro atoms. The second-order valence-electron chi connectivity index (χ2n) is 6.34. The number of aromatic nitrogens is 1. The zero-order chi connectivity index (χ0) is 21.0. The Morgan fingerprint density at radius 3 is 2.72 bits per heavy atom. The predicted molar refractivity (Wildman–Crippen MR) is 118 cm³/mol. The van der Waals surface area contributed by atoms with Gasteiger partial charge in [0.25, 0.3) is 5.91 Å². The third-order valence-corrected chi connectivity index (χ3v) is 5.36. The van der Waals surface area contributed by atoms with Gasteiger partial charge in [0.15, 0.2) is 11.5 Å². The molecular formula is C20H19Cl2N3O3S. The summed E-state index contributed by atoms with van der Waals surface area (Å²) in [5, 5.41) is 6.26. The van der Waals surface area contributed by atoms with Crippen LogP contribution >= 0.6 is 35.0 Å². The van der Waals surface area contributed by atoms with Gasteiger partial charge in [0.1, 0.15) is 11.6 Å². The molecular weight excluding hydrogens is 433 g/mol. The molecule has 0 radical (unpaired) electrons. The van der Waals surface area contributed by atoms with E-state index >= 15 is 0 Å². The summed E-state index contributed by atoms with van der Waals surface area (Å²) in [4.78, 5) is 29.7. The molecule has 1 heterocycles. The van der Waals surface area contributed by atoms with Gasteiger partial charge in [-0.3, -0.25) is 9.59 Å². The Kier molecular flexibility index (Phi) is 7.05. The minimum Gasteiger partial charge on any atom is -0.441 e. The molecule has 1 atom stereocenters. The van der Waals surface area contributed by atoms with Crippen LogP contribution in [-0.2, 0) is 4.79 Å². The van der Waals surface area contributed by atoms with Gasteiger partial charge in [-0.25, -0.2) is 4.98 Å². The van der Waals surface area contributed by atoms with E-state index in [1.807, 2.05) is 6.26 Å². The first-order chi connectivity index (χ1) is 13.9. The number of oxazole rings is 1. The number of rotatable bonds is 7. The molecule has 0 saturated carbocycles. The van der Waals surface area contributed by atoms with Gasteiger partial charge in [0.2, 0.25) is 5.91 Å². The molecule has 9 heteroatoms. The van der Waals surface area contributed by atoms with E-state index in [9.17, 15) is 9.59 Å². The molecule has 0 aliphatic carbocycles. The van der Waals surface area contributed by atoms with Crippen LogP contribution in [0.1, 0.15) is 22.7 Å². The van der Waals surface area contributed by atoms with Crippen molar-refractivity contribution in [1.29, 1.82) is 0 Å². The smallest absolute Gasteiger partial charge is 0.253 e. The lowest BCUT2D eigenvalue weighted by Crippen LogP contribution is -2.44. The molecule has 0 aliphatic rings. The number of fused-ring (bicyclic) bond motifs is 1. The normalized spacial score (nSPS) is 12.0. The molecule has 2 N–H and O–H groups in total. The van der Waals surface area contributed by atoms with Crippen LogP contribution in [0.5, 0.6) is 0 Å². The molecule has 3 rings (SSSR count). The Morgan fingerprint density at radius 2 is 2.00 bits per heavy atom. The van der Waals surface area contributed by atoms with Crippen molar-refractivity contribution in [3.8, 4) is 0 Å². The SMILES string of the molecule is CSCCC(NC(=O)c1ccc(Cl)cc1Cl)C(=O)Nc1ccc2oc(C)nc2c1. The van der Waals surface area contributed by atoms with E-state index in [4.69, 9.17) is 27.6 Å². The zero-order valence-electron chi connectivity index (χ0n) is 15.8. The van der Waals surface area contributed by atoms with E-state index < -0.39 is 11.9 Å². The topological polar surface area (TPSA) is 84.2 Å². The summed E-state index contributed by atoms with van der Waals surface area (Å²) >= 11 is 13.6. The number of anilines is 1. The van der Waals surface area contributed by atoms with Gasteiger partial charge in [-0.1, -0.05) is 23.2 Å².